The highest BCUT2D eigenvalue weighted by Gasteiger charge is 2.00. The smallest absolute Gasteiger partial charge is 0.191 e. The van der Waals surface area contributed by atoms with Crippen molar-refractivity contribution >= 4 is 17.3 Å². The van der Waals surface area contributed by atoms with E-state index >= 15 is 0 Å². The Morgan fingerprint density at radius 2 is 1.90 bits per heavy atom. The van der Waals surface area contributed by atoms with Crippen molar-refractivity contribution in [3.05, 3.63) is 52.2 Å². The van der Waals surface area contributed by atoms with E-state index in [1.54, 1.807) is 25.5 Å². The standard InChI is InChI=1S/C15H19N3OS/c1-16-15(18-11-14-4-3-9-20-14)17-10-12-5-7-13(19-2)8-6-12/h3-9H,10-11H2,1-2H3,(H2,16,17,18). The topological polar surface area (TPSA) is 45.7 Å². The molecule has 1 aromatic carbocycles. The molecule has 0 saturated heterocycles. The molecule has 0 radical (unpaired) electrons. The van der Waals surface area contributed by atoms with Gasteiger partial charge in [0.2, 0.25) is 0 Å². The number of hydrogen-bond acceptors (Lipinski definition) is 3. The monoisotopic (exact) mass is 289 g/mol. The summed E-state index contributed by atoms with van der Waals surface area (Å²) in [5.74, 6) is 1.67. The van der Waals surface area contributed by atoms with E-state index in [0.717, 1.165) is 24.8 Å². The Bertz CT molecular complexity index is 535. The van der Waals surface area contributed by atoms with Gasteiger partial charge in [-0.25, -0.2) is 0 Å². The number of thiophene rings is 1. The first-order valence-corrected chi connectivity index (χ1v) is 7.29. The van der Waals surface area contributed by atoms with E-state index in [0.29, 0.717) is 0 Å². The molecule has 106 valence electrons. The molecule has 0 unspecified atom stereocenters. The van der Waals surface area contributed by atoms with E-state index < -0.39 is 0 Å². The summed E-state index contributed by atoms with van der Waals surface area (Å²) in [7, 11) is 3.45. The number of nitrogens with zero attached hydrogens (tertiary/aromatic N) is 1. The number of rotatable bonds is 5. The van der Waals surface area contributed by atoms with E-state index in [2.05, 4.69) is 33.1 Å². The molecule has 0 atom stereocenters. The highest BCUT2D eigenvalue weighted by atomic mass is 32.1. The molecule has 20 heavy (non-hydrogen) atoms. The van der Waals surface area contributed by atoms with Gasteiger partial charge in [0.25, 0.3) is 0 Å². The van der Waals surface area contributed by atoms with Gasteiger partial charge in [-0.1, -0.05) is 18.2 Å². The average molecular weight is 289 g/mol. The zero-order valence-corrected chi connectivity index (χ0v) is 12.5. The van der Waals surface area contributed by atoms with Crippen LogP contribution in [0.25, 0.3) is 0 Å². The van der Waals surface area contributed by atoms with Crippen molar-refractivity contribution in [2.45, 2.75) is 13.1 Å². The van der Waals surface area contributed by atoms with Gasteiger partial charge < -0.3 is 15.4 Å². The molecule has 0 aliphatic heterocycles. The lowest BCUT2D eigenvalue weighted by Gasteiger charge is -2.11. The number of benzene rings is 1. The van der Waals surface area contributed by atoms with Gasteiger partial charge in [0.1, 0.15) is 5.75 Å². The summed E-state index contributed by atoms with van der Waals surface area (Å²) in [6.45, 7) is 1.52. The minimum atomic E-state index is 0.730. The fourth-order valence-electron chi connectivity index (χ4n) is 1.73. The molecule has 0 saturated carbocycles. The third kappa shape index (κ3) is 4.28. The predicted molar refractivity (Wildman–Crippen MR) is 84.4 cm³/mol. The summed E-state index contributed by atoms with van der Waals surface area (Å²) >= 11 is 1.73. The van der Waals surface area contributed by atoms with Gasteiger partial charge in [-0.05, 0) is 29.1 Å². The van der Waals surface area contributed by atoms with Crippen LogP contribution >= 0.6 is 11.3 Å². The normalized spacial score (nSPS) is 11.2. The van der Waals surface area contributed by atoms with Crippen LogP contribution in [0, 0.1) is 0 Å². The number of ether oxygens (including phenoxy) is 1. The molecule has 0 fully saturated rings. The second kappa shape index (κ2) is 7.55. The molecule has 5 heteroatoms. The van der Waals surface area contributed by atoms with Crippen LogP contribution in [0.2, 0.25) is 0 Å². The van der Waals surface area contributed by atoms with Gasteiger partial charge in [-0.3, -0.25) is 4.99 Å². The van der Waals surface area contributed by atoms with Crippen LogP contribution in [-0.2, 0) is 13.1 Å². The highest BCUT2D eigenvalue weighted by Crippen LogP contribution is 2.11. The SMILES string of the molecule is CN=C(NCc1ccc(OC)cc1)NCc1cccs1. The summed E-state index contributed by atoms with van der Waals surface area (Å²) in [5, 5.41) is 8.65. The third-order valence-corrected chi connectivity index (χ3v) is 3.73. The number of aliphatic imine (C=N–C) groups is 1. The predicted octanol–water partition coefficient (Wildman–Crippen LogP) is 2.62. The molecular formula is C15H19N3OS. The molecule has 0 spiro atoms. The Morgan fingerprint density at radius 3 is 2.50 bits per heavy atom. The molecular weight excluding hydrogens is 270 g/mol. The van der Waals surface area contributed by atoms with Crippen LogP contribution < -0.4 is 15.4 Å². The van der Waals surface area contributed by atoms with E-state index in [-0.39, 0.29) is 0 Å². The van der Waals surface area contributed by atoms with Crippen molar-refractivity contribution in [3.63, 3.8) is 0 Å². The first-order chi connectivity index (χ1) is 9.81. The van der Waals surface area contributed by atoms with Gasteiger partial charge in [0, 0.05) is 18.5 Å². The fourth-order valence-corrected chi connectivity index (χ4v) is 2.38. The minimum absolute atomic E-state index is 0.730. The summed E-state index contributed by atoms with van der Waals surface area (Å²) in [6.07, 6.45) is 0. The minimum Gasteiger partial charge on any atom is -0.497 e. The molecule has 1 aromatic heterocycles. The molecule has 0 aliphatic carbocycles. The van der Waals surface area contributed by atoms with Crippen molar-refractivity contribution in [3.8, 4) is 5.75 Å². The molecule has 2 N–H and O–H groups in total. The van der Waals surface area contributed by atoms with E-state index in [9.17, 15) is 0 Å². The number of methoxy groups -OCH3 is 1. The molecule has 0 aliphatic rings. The lowest BCUT2D eigenvalue weighted by molar-refractivity contribution is 0.414. The van der Waals surface area contributed by atoms with Crippen molar-refractivity contribution in [2.75, 3.05) is 14.2 Å². The lowest BCUT2D eigenvalue weighted by Crippen LogP contribution is -2.36. The van der Waals surface area contributed by atoms with Crippen molar-refractivity contribution < 1.29 is 4.74 Å². The zero-order chi connectivity index (χ0) is 14.2. The quantitative estimate of drug-likeness (QED) is 0.657. The zero-order valence-electron chi connectivity index (χ0n) is 11.7. The second-order valence-corrected chi connectivity index (χ2v) is 5.24. The maximum atomic E-state index is 5.14. The van der Waals surface area contributed by atoms with Gasteiger partial charge >= 0.3 is 0 Å². The molecule has 0 bridgehead atoms. The third-order valence-electron chi connectivity index (χ3n) is 2.85. The van der Waals surface area contributed by atoms with Crippen LogP contribution in [0.15, 0.2) is 46.8 Å². The largest absolute Gasteiger partial charge is 0.497 e. The van der Waals surface area contributed by atoms with Crippen molar-refractivity contribution in [2.24, 2.45) is 4.99 Å². The van der Waals surface area contributed by atoms with Crippen LogP contribution in [0.1, 0.15) is 10.4 Å². The van der Waals surface area contributed by atoms with Crippen molar-refractivity contribution in [1.82, 2.24) is 10.6 Å². The van der Waals surface area contributed by atoms with Crippen LogP contribution in [0.4, 0.5) is 0 Å². The van der Waals surface area contributed by atoms with E-state index in [1.165, 1.54) is 10.4 Å². The molecule has 2 aromatic rings. The maximum Gasteiger partial charge on any atom is 0.191 e. The van der Waals surface area contributed by atoms with E-state index in [1.807, 2.05) is 24.3 Å². The summed E-state index contributed by atoms with van der Waals surface area (Å²) in [4.78, 5) is 5.50. The number of guanidine groups is 1. The van der Waals surface area contributed by atoms with Gasteiger partial charge in [-0.15, -0.1) is 11.3 Å². The van der Waals surface area contributed by atoms with Crippen molar-refractivity contribution in [1.29, 1.82) is 0 Å². The number of nitrogens with one attached hydrogen (secondary N) is 2. The Balaban J connectivity index is 1.81. The average Bonchev–Trinajstić information content (AvgIpc) is 3.01. The first kappa shape index (κ1) is 14.4. The summed E-state index contributed by atoms with van der Waals surface area (Å²) in [5.41, 5.74) is 1.19. The molecule has 4 nitrogen and oxygen atoms in total. The molecule has 0 amide bonds. The van der Waals surface area contributed by atoms with Gasteiger partial charge in [0.15, 0.2) is 5.96 Å². The van der Waals surface area contributed by atoms with E-state index in [4.69, 9.17) is 4.74 Å². The highest BCUT2D eigenvalue weighted by molar-refractivity contribution is 7.09. The Morgan fingerprint density at radius 1 is 1.15 bits per heavy atom. The van der Waals surface area contributed by atoms with Gasteiger partial charge in [-0.2, -0.15) is 0 Å². The van der Waals surface area contributed by atoms with Crippen LogP contribution in [0.3, 0.4) is 0 Å². The van der Waals surface area contributed by atoms with Gasteiger partial charge in [0.05, 0.1) is 13.7 Å². The second-order valence-electron chi connectivity index (χ2n) is 4.21. The first-order valence-electron chi connectivity index (χ1n) is 6.41. The Hall–Kier alpha value is -2.01. The lowest BCUT2D eigenvalue weighted by atomic mass is 10.2. The molecule has 1 heterocycles. The number of hydrogen-bond donors (Lipinski definition) is 2. The molecule has 2 rings (SSSR count). The summed E-state index contributed by atoms with van der Waals surface area (Å²) < 4.78 is 5.14. The fraction of sp³-hybridized carbons (Fsp3) is 0.267. The Kier molecular flexibility index (Phi) is 5.43. The summed E-state index contributed by atoms with van der Waals surface area (Å²) in [6, 6.07) is 12.2. The van der Waals surface area contributed by atoms with Crippen LogP contribution in [0.5, 0.6) is 5.75 Å². The van der Waals surface area contributed by atoms with Crippen LogP contribution in [-0.4, -0.2) is 20.1 Å². The Labute approximate surface area is 123 Å². The maximum absolute atomic E-state index is 5.14.